The average molecular weight is 343 g/mol. The van der Waals surface area contributed by atoms with Crippen LogP contribution in [-0.2, 0) is 0 Å². The summed E-state index contributed by atoms with van der Waals surface area (Å²) in [6.07, 6.45) is 18.5. The Bertz CT molecular complexity index is 496. The van der Waals surface area contributed by atoms with Gasteiger partial charge in [0.05, 0.1) is 0 Å². The molecule has 1 heteroatoms. The first-order chi connectivity index (χ1) is 11.8. The minimum atomic E-state index is 0.974. The monoisotopic (exact) mass is 342 g/mol. The van der Waals surface area contributed by atoms with Crippen molar-refractivity contribution in [2.45, 2.75) is 82.4 Å². The fourth-order valence-electron chi connectivity index (χ4n) is 4.62. The molecule has 0 spiro atoms. The number of hydrogen-bond donors (Lipinski definition) is 0. The quantitative estimate of drug-likeness (QED) is 0.455. The number of unbranched alkanes of at least 4 members (excludes halogenated alkanes) is 2. The molecule has 1 atom stereocenters. The van der Waals surface area contributed by atoms with Gasteiger partial charge in [-0.15, -0.1) is 0 Å². The van der Waals surface area contributed by atoms with Crippen molar-refractivity contribution >= 4 is 11.8 Å². The van der Waals surface area contributed by atoms with Crippen molar-refractivity contribution in [2.75, 3.05) is 0 Å². The number of hydrogen-bond acceptors (Lipinski definition) is 1. The van der Waals surface area contributed by atoms with Crippen molar-refractivity contribution in [3.05, 3.63) is 41.3 Å². The largest absolute Gasteiger partial charge is 0.0949 e. The first-order valence-electron chi connectivity index (χ1n) is 10.3. The summed E-state index contributed by atoms with van der Waals surface area (Å²) in [5, 5.41) is 0. The molecule has 1 saturated carbocycles. The van der Waals surface area contributed by atoms with E-state index in [1.54, 1.807) is 4.91 Å². The number of benzene rings is 1. The highest BCUT2D eigenvalue weighted by molar-refractivity contribution is 8.03. The molecule has 0 saturated heterocycles. The standard InChI is InChI=1S/C23H34S/c1-2-3-5-8-19-11-13-20(14-12-19)21-15-17-23(18-16-21)24-22-9-6-4-7-10-22/h4,6-7,9-10,17,19-21H,2-3,5,8,11-16,18H2,1H3. The minimum absolute atomic E-state index is 0.974. The van der Waals surface area contributed by atoms with Gasteiger partial charge in [0.15, 0.2) is 0 Å². The summed E-state index contributed by atoms with van der Waals surface area (Å²) in [5.41, 5.74) is 0. The Balaban J connectivity index is 1.40. The summed E-state index contributed by atoms with van der Waals surface area (Å²) in [7, 11) is 0. The van der Waals surface area contributed by atoms with Crippen molar-refractivity contribution in [3.63, 3.8) is 0 Å². The molecule has 1 fully saturated rings. The van der Waals surface area contributed by atoms with Crippen LogP contribution in [0.5, 0.6) is 0 Å². The van der Waals surface area contributed by atoms with Crippen molar-refractivity contribution < 1.29 is 0 Å². The predicted octanol–water partition coefficient (Wildman–Crippen LogP) is 7.85. The highest BCUT2D eigenvalue weighted by Gasteiger charge is 2.28. The van der Waals surface area contributed by atoms with Crippen LogP contribution in [0.3, 0.4) is 0 Å². The van der Waals surface area contributed by atoms with E-state index in [-0.39, 0.29) is 0 Å². The Kier molecular flexibility index (Phi) is 7.32. The Morgan fingerprint density at radius 1 is 0.917 bits per heavy atom. The highest BCUT2D eigenvalue weighted by atomic mass is 32.2. The fraction of sp³-hybridized carbons (Fsp3) is 0.652. The Labute approximate surface area is 153 Å². The summed E-state index contributed by atoms with van der Waals surface area (Å²) in [5.74, 6) is 3.05. The molecular formula is C23H34S. The van der Waals surface area contributed by atoms with Crippen molar-refractivity contribution in [3.8, 4) is 0 Å². The molecule has 0 nitrogen and oxygen atoms in total. The van der Waals surface area contributed by atoms with Crippen LogP contribution < -0.4 is 0 Å². The number of thioether (sulfide) groups is 1. The second kappa shape index (κ2) is 9.70. The topological polar surface area (TPSA) is 0 Å². The second-order valence-corrected chi connectivity index (χ2v) is 9.10. The lowest BCUT2D eigenvalue weighted by Gasteiger charge is -2.35. The van der Waals surface area contributed by atoms with Gasteiger partial charge in [0.25, 0.3) is 0 Å². The maximum Gasteiger partial charge on any atom is 0.0118 e. The molecule has 0 amide bonds. The van der Waals surface area contributed by atoms with Gasteiger partial charge in [-0.3, -0.25) is 0 Å². The highest BCUT2D eigenvalue weighted by Crippen LogP contribution is 2.43. The second-order valence-electron chi connectivity index (χ2n) is 7.90. The van der Waals surface area contributed by atoms with Gasteiger partial charge in [0, 0.05) is 4.90 Å². The minimum Gasteiger partial charge on any atom is -0.0949 e. The van der Waals surface area contributed by atoms with Crippen LogP contribution in [-0.4, -0.2) is 0 Å². The molecule has 2 aliphatic carbocycles. The van der Waals surface area contributed by atoms with Gasteiger partial charge in [-0.05, 0) is 66.9 Å². The Hall–Kier alpha value is -0.690. The maximum absolute atomic E-state index is 2.55. The van der Waals surface area contributed by atoms with E-state index in [0.717, 1.165) is 17.8 Å². The van der Waals surface area contributed by atoms with Gasteiger partial charge in [0.2, 0.25) is 0 Å². The van der Waals surface area contributed by atoms with Crippen LogP contribution >= 0.6 is 11.8 Å². The molecule has 0 bridgehead atoms. The van der Waals surface area contributed by atoms with Crippen molar-refractivity contribution in [2.24, 2.45) is 17.8 Å². The van der Waals surface area contributed by atoms with Crippen LogP contribution in [0.1, 0.15) is 77.6 Å². The fourth-order valence-corrected chi connectivity index (χ4v) is 5.62. The van der Waals surface area contributed by atoms with Crippen molar-refractivity contribution in [1.82, 2.24) is 0 Å². The molecule has 0 aromatic heterocycles. The van der Waals surface area contributed by atoms with Crippen LogP contribution in [0.2, 0.25) is 0 Å². The molecule has 3 rings (SSSR count). The molecule has 1 aromatic carbocycles. The summed E-state index contributed by atoms with van der Waals surface area (Å²) >= 11 is 1.99. The maximum atomic E-state index is 2.55. The third-order valence-corrected chi connectivity index (χ3v) is 7.32. The SMILES string of the molecule is CCCCCC1CCC(C2CC=C(Sc3ccccc3)CC2)CC1. The Morgan fingerprint density at radius 3 is 2.38 bits per heavy atom. The summed E-state index contributed by atoms with van der Waals surface area (Å²) in [4.78, 5) is 3.00. The van der Waals surface area contributed by atoms with Gasteiger partial charge < -0.3 is 0 Å². The van der Waals surface area contributed by atoms with Gasteiger partial charge in [0.1, 0.15) is 0 Å². The van der Waals surface area contributed by atoms with Gasteiger partial charge in [-0.2, -0.15) is 0 Å². The van der Waals surface area contributed by atoms with Gasteiger partial charge in [-0.1, -0.05) is 81.5 Å². The molecule has 0 heterocycles. The number of rotatable bonds is 7. The van der Waals surface area contributed by atoms with E-state index < -0.39 is 0 Å². The molecule has 0 N–H and O–H groups in total. The lowest BCUT2D eigenvalue weighted by molar-refractivity contribution is 0.186. The third kappa shape index (κ3) is 5.41. The average Bonchev–Trinajstić information content (AvgIpc) is 2.64. The smallest absolute Gasteiger partial charge is 0.0118 e. The van der Waals surface area contributed by atoms with Gasteiger partial charge >= 0.3 is 0 Å². The van der Waals surface area contributed by atoms with E-state index in [2.05, 4.69) is 43.3 Å². The number of allylic oxidation sites excluding steroid dienone is 2. The predicted molar refractivity (Wildman–Crippen MR) is 107 cm³/mol. The summed E-state index contributed by atoms with van der Waals surface area (Å²) < 4.78 is 0. The molecule has 0 aliphatic heterocycles. The zero-order valence-corrected chi connectivity index (χ0v) is 16.2. The molecular weight excluding hydrogens is 308 g/mol. The van der Waals surface area contributed by atoms with Gasteiger partial charge in [-0.25, -0.2) is 0 Å². The zero-order valence-electron chi connectivity index (χ0n) is 15.4. The molecule has 0 radical (unpaired) electrons. The molecule has 24 heavy (non-hydrogen) atoms. The Morgan fingerprint density at radius 2 is 1.71 bits per heavy atom. The van der Waals surface area contributed by atoms with Crippen LogP contribution in [0, 0.1) is 17.8 Å². The van der Waals surface area contributed by atoms with Crippen LogP contribution in [0.4, 0.5) is 0 Å². The molecule has 1 aromatic rings. The van der Waals surface area contributed by atoms with Crippen LogP contribution in [0.25, 0.3) is 0 Å². The van der Waals surface area contributed by atoms with E-state index in [4.69, 9.17) is 0 Å². The molecule has 132 valence electrons. The lowest BCUT2D eigenvalue weighted by Crippen LogP contribution is -2.23. The van der Waals surface area contributed by atoms with E-state index in [9.17, 15) is 0 Å². The molecule has 2 aliphatic rings. The first kappa shape index (κ1) is 18.1. The van der Waals surface area contributed by atoms with Crippen molar-refractivity contribution in [1.29, 1.82) is 0 Å². The van der Waals surface area contributed by atoms with E-state index in [0.29, 0.717) is 0 Å². The lowest BCUT2D eigenvalue weighted by atomic mass is 9.71. The summed E-state index contributed by atoms with van der Waals surface area (Å²) in [6.45, 7) is 2.32. The van der Waals surface area contributed by atoms with E-state index >= 15 is 0 Å². The summed E-state index contributed by atoms with van der Waals surface area (Å²) in [6, 6.07) is 10.9. The zero-order chi connectivity index (χ0) is 16.6. The normalized spacial score (nSPS) is 27.7. The van der Waals surface area contributed by atoms with E-state index in [1.807, 2.05) is 11.8 Å². The third-order valence-electron chi connectivity index (χ3n) is 6.18. The first-order valence-corrected chi connectivity index (χ1v) is 11.1. The van der Waals surface area contributed by atoms with E-state index in [1.165, 1.54) is 75.5 Å². The van der Waals surface area contributed by atoms with Crippen LogP contribution in [0.15, 0.2) is 46.2 Å². The molecule has 1 unspecified atom stereocenters.